The molecule has 0 unspecified atom stereocenters. The zero-order valence-corrected chi connectivity index (χ0v) is 13.6. The smallest absolute Gasteiger partial charge is 0.230 e. The summed E-state index contributed by atoms with van der Waals surface area (Å²) in [7, 11) is 0. The number of halogens is 1. The van der Waals surface area contributed by atoms with Gasteiger partial charge in [-0.05, 0) is 41.6 Å². The van der Waals surface area contributed by atoms with E-state index >= 15 is 0 Å². The number of nitrogens with one attached hydrogen (secondary N) is 1. The first-order valence-corrected chi connectivity index (χ1v) is 8.64. The van der Waals surface area contributed by atoms with Crippen LogP contribution in [-0.2, 0) is 4.79 Å². The fraction of sp³-hybridized carbons (Fsp3) is 0.312. The van der Waals surface area contributed by atoms with E-state index in [0.29, 0.717) is 11.7 Å². The van der Waals surface area contributed by atoms with Crippen molar-refractivity contribution in [3.8, 4) is 0 Å². The minimum absolute atomic E-state index is 0.00331. The zero-order chi connectivity index (χ0) is 15.2. The van der Waals surface area contributed by atoms with E-state index in [0.717, 1.165) is 4.90 Å². The van der Waals surface area contributed by atoms with Crippen molar-refractivity contribution in [2.45, 2.75) is 24.8 Å². The fourth-order valence-corrected chi connectivity index (χ4v) is 3.59. The van der Waals surface area contributed by atoms with Crippen LogP contribution in [0.1, 0.15) is 24.8 Å². The number of thioether (sulfide) groups is 1. The van der Waals surface area contributed by atoms with Gasteiger partial charge in [0, 0.05) is 9.77 Å². The third-order valence-corrected chi connectivity index (χ3v) is 4.98. The first kappa shape index (κ1) is 16.0. The molecule has 2 aromatic rings. The molecule has 112 valence electrons. The minimum atomic E-state index is -0.263. The summed E-state index contributed by atoms with van der Waals surface area (Å²) in [5.74, 6) is 0.404. The lowest BCUT2D eigenvalue weighted by Crippen LogP contribution is -2.32. The number of amides is 1. The molecular formula is C16H18FNOS2. The molecule has 0 spiro atoms. The van der Waals surface area contributed by atoms with E-state index in [1.165, 1.54) is 28.8 Å². The van der Waals surface area contributed by atoms with Crippen LogP contribution in [0.2, 0.25) is 0 Å². The summed E-state index contributed by atoms with van der Waals surface area (Å²) in [5.41, 5.74) is 0. The second kappa shape index (κ2) is 7.61. The molecular weight excluding hydrogens is 305 g/mol. The van der Waals surface area contributed by atoms with Crippen LogP contribution >= 0.6 is 23.1 Å². The van der Waals surface area contributed by atoms with Gasteiger partial charge in [-0.15, -0.1) is 23.1 Å². The summed E-state index contributed by atoms with van der Waals surface area (Å²) in [6, 6.07) is 10.3. The van der Waals surface area contributed by atoms with Gasteiger partial charge in [-0.1, -0.05) is 19.9 Å². The Hall–Kier alpha value is -1.33. The average Bonchev–Trinajstić information content (AvgIpc) is 2.97. The molecule has 5 heteroatoms. The topological polar surface area (TPSA) is 29.1 Å². The molecule has 0 fully saturated rings. The van der Waals surface area contributed by atoms with Gasteiger partial charge >= 0.3 is 0 Å². The molecule has 0 aliphatic rings. The van der Waals surface area contributed by atoms with Gasteiger partial charge in [-0.3, -0.25) is 4.79 Å². The molecule has 1 N–H and O–H groups in total. The Morgan fingerprint density at radius 1 is 1.29 bits per heavy atom. The molecule has 0 aliphatic heterocycles. The maximum Gasteiger partial charge on any atom is 0.230 e. The first-order valence-electron chi connectivity index (χ1n) is 6.77. The average molecular weight is 323 g/mol. The third-order valence-electron chi connectivity index (χ3n) is 3.02. The predicted molar refractivity (Wildman–Crippen MR) is 87.2 cm³/mol. The van der Waals surface area contributed by atoms with Gasteiger partial charge in [0.1, 0.15) is 5.82 Å². The molecule has 0 radical (unpaired) electrons. The molecule has 2 rings (SSSR count). The zero-order valence-electron chi connectivity index (χ0n) is 12.0. The maximum atomic E-state index is 12.8. The molecule has 1 amide bonds. The van der Waals surface area contributed by atoms with Gasteiger partial charge in [-0.2, -0.15) is 0 Å². The van der Waals surface area contributed by atoms with E-state index in [-0.39, 0.29) is 17.8 Å². The molecule has 1 aromatic carbocycles. The van der Waals surface area contributed by atoms with E-state index in [4.69, 9.17) is 0 Å². The SMILES string of the molecule is CC(C)[C@H](NC(=O)CSc1ccc(F)cc1)c1cccs1. The Labute approximate surface area is 132 Å². The van der Waals surface area contributed by atoms with Gasteiger partial charge in [0.05, 0.1) is 11.8 Å². The minimum Gasteiger partial charge on any atom is -0.347 e. The van der Waals surface area contributed by atoms with Gasteiger partial charge < -0.3 is 5.32 Å². The highest BCUT2D eigenvalue weighted by atomic mass is 32.2. The fourth-order valence-electron chi connectivity index (χ4n) is 1.93. The Bertz CT molecular complexity index is 566. The molecule has 0 saturated carbocycles. The maximum absolute atomic E-state index is 12.8. The highest BCUT2D eigenvalue weighted by Gasteiger charge is 2.19. The molecule has 0 bridgehead atoms. The van der Waals surface area contributed by atoms with Crippen molar-refractivity contribution in [3.05, 3.63) is 52.5 Å². The number of rotatable bonds is 6. The molecule has 21 heavy (non-hydrogen) atoms. The van der Waals surface area contributed by atoms with Crippen LogP contribution in [0.3, 0.4) is 0 Å². The van der Waals surface area contributed by atoms with Crippen molar-refractivity contribution < 1.29 is 9.18 Å². The number of carbonyl (C=O) groups is 1. The van der Waals surface area contributed by atoms with Crippen molar-refractivity contribution in [2.24, 2.45) is 5.92 Å². The number of hydrogen-bond donors (Lipinski definition) is 1. The van der Waals surface area contributed by atoms with Crippen molar-refractivity contribution in [2.75, 3.05) is 5.75 Å². The number of hydrogen-bond acceptors (Lipinski definition) is 3. The lowest BCUT2D eigenvalue weighted by Gasteiger charge is -2.21. The normalized spacial score (nSPS) is 12.4. The summed E-state index contributed by atoms with van der Waals surface area (Å²) in [5, 5.41) is 5.10. The molecule has 1 atom stereocenters. The largest absolute Gasteiger partial charge is 0.347 e. The monoisotopic (exact) mass is 323 g/mol. The summed E-state index contributed by atoms with van der Waals surface area (Å²) < 4.78 is 12.8. The molecule has 1 aromatic heterocycles. The van der Waals surface area contributed by atoms with Crippen LogP contribution < -0.4 is 5.32 Å². The standard InChI is InChI=1S/C16H18FNOS2/c1-11(2)16(14-4-3-9-20-14)18-15(19)10-21-13-7-5-12(17)6-8-13/h3-9,11,16H,10H2,1-2H3,(H,18,19)/t16-/m0/s1. The molecule has 0 saturated heterocycles. The Kier molecular flexibility index (Phi) is 5.82. The summed E-state index contributed by atoms with van der Waals surface area (Å²) in [6.45, 7) is 4.19. The second-order valence-corrected chi connectivity index (χ2v) is 7.08. The lowest BCUT2D eigenvalue weighted by molar-refractivity contribution is -0.119. The van der Waals surface area contributed by atoms with Gasteiger partial charge in [-0.25, -0.2) is 4.39 Å². The van der Waals surface area contributed by atoms with Crippen molar-refractivity contribution in [1.82, 2.24) is 5.32 Å². The van der Waals surface area contributed by atoms with Crippen LogP contribution in [0.15, 0.2) is 46.7 Å². The first-order chi connectivity index (χ1) is 10.1. The van der Waals surface area contributed by atoms with E-state index < -0.39 is 0 Å². The van der Waals surface area contributed by atoms with Gasteiger partial charge in [0.25, 0.3) is 0 Å². The van der Waals surface area contributed by atoms with Crippen molar-refractivity contribution >= 4 is 29.0 Å². The quantitative estimate of drug-likeness (QED) is 0.793. The number of carbonyl (C=O) groups excluding carboxylic acids is 1. The highest BCUT2D eigenvalue weighted by molar-refractivity contribution is 8.00. The van der Waals surface area contributed by atoms with Crippen LogP contribution in [0.5, 0.6) is 0 Å². The van der Waals surface area contributed by atoms with E-state index in [1.807, 2.05) is 17.5 Å². The van der Waals surface area contributed by atoms with Gasteiger partial charge in [0.2, 0.25) is 5.91 Å². The highest BCUT2D eigenvalue weighted by Crippen LogP contribution is 2.26. The van der Waals surface area contributed by atoms with Gasteiger partial charge in [0.15, 0.2) is 0 Å². The van der Waals surface area contributed by atoms with E-state index in [2.05, 4.69) is 19.2 Å². The van der Waals surface area contributed by atoms with E-state index in [9.17, 15) is 9.18 Å². The summed E-state index contributed by atoms with van der Waals surface area (Å²) in [4.78, 5) is 14.2. The van der Waals surface area contributed by atoms with Crippen LogP contribution in [0.4, 0.5) is 4.39 Å². The molecule has 1 heterocycles. The molecule has 0 aliphatic carbocycles. The van der Waals surface area contributed by atoms with Crippen LogP contribution in [0.25, 0.3) is 0 Å². The third kappa shape index (κ3) is 4.86. The lowest BCUT2D eigenvalue weighted by atomic mass is 10.0. The Morgan fingerprint density at radius 2 is 2.00 bits per heavy atom. The molecule has 2 nitrogen and oxygen atoms in total. The number of benzene rings is 1. The summed E-state index contributed by atoms with van der Waals surface area (Å²) in [6.07, 6.45) is 0. The number of thiophene rings is 1. The summed E-state index contributed by atoms with van der Waals surface area (Å²) >= 11 is 3.07. The van der Waals surface area contributed by atoms with Crippen LogP contribution in [-0.4, -0.2) is 11.7 Å². The second-order valence-electron chi connectivity index (χ2n) is 5.05. The van der Waals surface area contributed by atoms with Crippen LogP contribution in [0, 0.1) is 11.7 Å². The Morgan fingerprint density at radius 3 is 2.57 bits per heavy atom. The van der Waals surface area contributed by atoms with Crippen molar-refractivity contribution in [3.63, 3.8) is 0 Å². The van der Waals surface area contributed by atoms with E-state index in [1.54, 1.807) is 23.5 Å². The Balaban J connectivity index is 1.89. The predicted octanol–water partition coefficient (Wildman–Crippen LogP) is 4.49. The van der Waals surface area contributed by atoms with Crippen molar-refractivity contribution in [1.29, 1.82) is 0 Å².